The molecule has 0 amide bonds. The predicted molar refractivity (Wildman–Crippen MR) is 125 cm³/mol. The van der Waals surface area contributed by atoms with E-state index in [2.05, 4.69) is 15.9 Å². The van der Waals surface area contributed by atoms with Crippen molar-refractivity contribution in [3.63, 3.8) is 0 Å². The molecule has 0 aliphatic heterocycles. The standard InChI is InChI=1S/C21H24BrClN2O6S/c1-4-31-21(26)12-19(14(2)3)24(32(29,30)17-8-6-16(22)7-9-17)13-15-5-10-18(23)20(11-15)25(27)28/h5-11,14,19H,4,12-13H2,1-3H3. The van der Waals surface area contributed by atoms with Gasteiger partial charge in [0, 0.05) is 23.1 Å². The fourth-order valence-corrected chi connectivity index (χ4v) is 5.35. The van der Waals surface area contributed by atoms with Crippen LogP contribution in [0.3, 0.4) is 0 Å². The number of rotatable bonds is 10. The lowest BCUT2D eigenvalue weighted by Crippen LogP contribution is -2.44. The normalized spacial score (nSPS) is 12.7. The molecule has 0 saturated heterocycles. The molecule has 32 heavy (non-hydrogen) atoms. The zero-order chi connectivity index (χ0) is 24.1. The average Bonchev–Trinajstić information content (AvgIpc) is 2.71. The van der Waals surface area contributed by atoms with Crippen molar-refractivity contribution in [1.82, 2.24) is 4.31 Å². The first-order valence-corrected chi connectivity index (χ1v) is 12.4. The SMILES string of the molecule is CCOC(=O)CC(C(C)C)N(Cc1ccc(Cl)c([N+](=O)[O-])c1)S(=O)(=O)c1ccc(Br)cc1. The summed E-state index contributed by atoms with van der Waals surface area (Å²) in [7, 11) is -4.06. The Morgan fingerprint density at radius 2 is 1.84 bits per heavy atom. The van der Waals surface area contributed by atoms with E-state index in [4.69, 9.17) is 16.3 Å². The molecule has 0 bridgehead atoms. The molecule has 0 radical (unpaired) electrons. The molecule has 1 atom stereocenters. The lowest BCUT2D eigenvalue weighted by atomic mass is 10.0. The zero-order valence-electron chi connectivity index (χ0n) is 17.8. The number of carbonyl (C=O) groups is 1. The third-order valence-electron chi connectivity index (χ3n) is 4.79. The molecule has 0 aromatic heterocycles. The molecule has 0 N–H and O–H groups in total. The van der Waals surface area contributed by atoms with Gasteiger partial charge in [-0.05, 0) is 48.7 Å². The van der Waals surface area contributed by atoms with E-state index < -0.39 is 27.0 Å². The van der Waals surface area contributed by atoms with Gasteiger partial charge in [-0.25, -0.2) is 8.42 Å². The maximum atomic E-state index is 13.6. The first-order valence-electron chi connectivity index (χ1n) is 9.83. The number of nitrogens with zero attached hydrogens (tertiary/aromatic N) is 2. The number of nitro benzene ring substituents is 1. The number of nitro groups is 1. The van der Waals surface area contributed by atoms with Crippen LogP contribution in [0.1, 0.15) is 32.8 Å². The zero-order valence-corrected chi connectivity index (χ0v) is 21.0. The fraction of sp³-hybridized carbons (Fsp3) is 0.381. The van der Waals surface area contributed by atoms with Crippen LogP contribution in [0.4, 0.5) is 5.69 Å². The van der Waals surface area contributed by atoms with Gasteiger partial charge in [-0.2, -0.15) is 4.31 Å². The number of carbonyl (C=O) groups excluding carboxylic acids is 1. The topological polar surface area (TPSA) is 107 Å². The van der Waals surface area contributed by atoms with Crippen LogP contribution >= 0.6 is 27.5 Å². The first-order chi connectivity index (χ1) is 15.0. The Kier molecular flexibility index (Phi) is 9.20. The molecule has 174 valence electrons. The van der Waals surface area contributed by atoms with Crippen LogP contribution in [0, 0.1) is 16.0 Å². The molecule has 11 heteroatoms. The maximum Gasteiger partial charge on any atom is 0.307 e. The van der Waals surface area contributed by atoms with E-state index in [0.29, 0.717) is 10.0 Å². The molecule has 8 nitrogen and oxygen atoms in total. The van der Waals surface area contributed by atoms with Crippen LogP contribution in [0.5, 0.6) is 0 Å². The summed E-state index contributed by atoms with van der Waals surface area (Å²) < 4.78 is 34.2. The van der Waals surface area contributed by atoms with E-state index >= 15 is 0 Å². The van der Waals surface area contributed by atoms with Gasteiger partial charge in [0.25, 0.3) is 5.69 Å². The van der Waals surface area contributed by atoms with Crippen molar-refractivity contribution in [3.8, 4) is 0 Å². The number of halogens is 2. The smallest absolute Gasteiger partial charge is 0.307 e. The van der Waals surface area contributed by atoms with Gasteiger partial charge in [0.1, 0.15) is 5.02 Å². The average molecular weight is 548 g/mol. The van der Waals surface area contributed by atoms with Crippen LogP contribution in [0.15, 0.2) is 51.8 Å². The van der Waals surface area contributed by atoms with E-state index in [-0.39, 0.29) is 41.1 Å². The Morgan fingerprint density at radius 3 is 2.38 bits per heavy atom. The van der Waals surface area contributed by atoms with Crippen LogP contribution in [-0.2, 0) is 26.1 Å². The fourth-order valence-electron chi connectivity index (χ4n) is 3.16. The Labute approximate surface area is 200 Å². The molecule has 2 aromatic rings. The quantitative estimate of drug-likeness (QED) is 0.230. The number of ether oxygens (including phenoxy) is 1. The Balaban J connectivity index is 2.57. The van der Waals surface area contributed by atoms with Crippen molar-refractivity contribution >= 4 is 49.2 Å². The Bertz CT molecular complexity index is 1080. The summed E-state index contributed by atoms with van der Waals surface area (Å²) in [6, 6.07) is 9.51. The highest BCUT2D eigenvalue weighted by Crippen LogP contribution is 2.30. The van der Waals surface area contributed by atoms with Crippen molar-refractivity contribution in [3.05, 3.63) is 67.6 Å². The van der Waals surface area contributed by atoms with Gasteiger partial charge in [0.05, 0.1) is 22.8 Å². The van der Waals surface area contributed by atoms with Gasteiger partial charge < -0.3 is 4.74 Å². The Hall–Kier alpha value is -2.01. The number of sulfonamides is 1. The number of benzene rings is 2. The summed E-state index contributed by atoms with van der Waals surface area (Å²) >= 11 is 9.19. The highest BCUT2D eigenvalue weighted by Gasteiger charge is 2.35. The largest absolute Gasteiger partial charge is 0.466 e. The van der Waals surface area contributed by atoms with Gasteiger partial charge in [0.15, 0.2) is 0 Å². The minimum absolute atomic E-state index is 0.0404. The number of hydrogen-bond acceptors (Lipinski definition) is 6. The van der Waals surface area contributed by atoms with E-state index in [1.165, 1.54) is 34.6 Å². The lowest BCUT2D eigenvalue weighted by molar-refractivity contribution is -0.384. The molecule has 0 heterocycles. The van der Waals surface area contributed by atoms with Gasteiger partial charge in [-0.3, -0.25) is 14.9 Å². The van der Waals surface area contributed by atoms with Gasteiger partial charge in [0.2, 0.25) is 10.0 Å². The summed E-state index contributed by atoms with van der Waals surface area (Å²) in [6.45, 7) is 5.27. The molecule has 0 aliphatic carbocycles. The number of esters is 1. The van der Waals surface area contributed by atoms with Gasteiger partial charge in [-0.1, -0.05) is 47.4 Å². The molecule has 2 aromatic carbocycles. The molecular formula is C21H24BrClN2O6S. The van der Waals surface area contributed by atoms with Gasteiger partial charge >= 0.3 is 5.97 Å². The first kappa shape index (κ1) is 26.2. The van der Waals surface area contributed by atoms with Crippen molar-refractivity contribution in [2.45, 2.75) is 44.7 Å². The molecule has 1 unspecified atom stereocenters. The van der Waals surface area contributed by atoms with Crippen LogP contribution in [0.25, 0.3) is 0 Å². The second kappa shape index (κ2) is 11.2. The maximum absolute atomic E-state index is 13.6. The lowest BCUT2D eigenvalue weighted by Gasteiger charge is -2.33. The number of hydrogen-bond donors (Lipinski definition) is 0. The molecule has 0 fully saturated rings. The van der Waals surface area contributed by atoms with Crippen molar-refractivity contribution in [2.24, 2.45) is 5.92 Å². The summed E-state index contributed by atoms with van der Waals surface area (Å²) in [5, 5.41) is 11.2. The highest BCUT2D eigenvalue weighted by molar-refractivity contribution is 9.10. The summed E-state index contributed by atoms with van der Waals surface area (Å²) in [4.78, 5) is 23.0. The van der Waals surface area contributed by atoms with Crippen molar-refractivity contribution in [1.29, 1.82) is 0 Å². The monoisotopic (exact) mass is 546 g/mol. The van der Waals surface area contributed by atoms with Gasteiger partial charge in [-0.15, -0.1) is 0 Å². The van der Waals surface area contributed by atoms with E-state index in [1.807, 2.05) is 0 Å². The molecule has 0 aliphatic rings. The third-order valence-corrected chi connectivity index (χ3v) is 7.52. The predicted octanol–water partition coefficient (Wildman–Crippen LogP) is 5.18. The highest BCUT2D eigenvalue weighted by atomic mass is 79.9. The van der Waals surface area contributed by atoms with E-state index in [1.54, 1.807) is 32.9 Å². The van der Waals surface area contributed by atoms with E-state index in [9.17, 15) is 23.3 Å². The molecule has 0 spiro atoms. The summed E-state index contributed by atoms with van der Waals surface area (Å²) in [5.41, 5.74) is 0.0490. The minimum atomic E-state index is -4.06. The molecular weight excluding hydrogens is 524 g/mol. The third kappa shape index (κ3) is 6.50. The second-order valence-electron chi connectivity index (χ2n) is 7.37. The molecule has 0 saturated carbocycles. The van der Waals surface area contributed by atoms with Crippen molar-refractivity contribution < 1.29 is 22.9 Å². The van der Waals surface area contributed by atoms with Crippen molar-refractivity contribution in [2.75, 3.05) is 6.61 Å². The molecule has 2 rings (SSSR count). The van der Waals surface area contributed by atoms with E-state index in [0.717, 1.165) is 0 Å². The van der Waals surface area contributed by atoms with Crippen LogP contribution in [-0.4, -0.2) is 36.3 Å². The minimum Gasteiger partial charge on any atom is -0.466 e. The Morgan fingerprint density at radius 1 is 1.22 bits per heavy atom. The van der Waals surface area contributed by atoms with Crippen LogP contribution < -0.4 is 0 Å². The summed E-state index contributed by atoms with van der Waals surface area (Å²) in [6.07, 6.45) is -0.156. The second-order valence-corrected chi connectivity index (χ2v) is 10.6. The summed E-state index contributed by atoms with van der Waals surface area (Å²) in [5.74, 6) is -0.767. The van der Waals surface area contributed by atoms with Crippen LogP contribution in [0.2, 0.25) is 5.02 Å².